The van der Waals surface area contributed by atoms with Crippen molar-refractivity contribution in [3.8, 4) is 0 Å². The molecule has 0 radical (unpaired) electrons. The zero-order valence-corrected chi connectivity index (χ0v) is 14.9. The highest BCUT2D eigenvalue weighted by molar-refractivity contribution is 7.88. The molecule has 0 fully saturated rings. The molecule has 9 heteroatoms. The second-order valence-electron chi connectivity index (χ2n) is 6.34. The van der Waals surface area contributed by atoms with E-state index in [1.165, 1.54) is 4.68 Å². The van der Waals surface area contributed by atoms with Gasteiger partial charge in [0.25, 0.3) is 0 Å². The van der Waals surface area contributed by atoms with Gasteiger partial charge in [-0.1, -0.05) is 30.3 Å². The fraction of sp³-hybridized carbons (Fsp3) is 0.471. The molecular formula is C17H20F3N3O2S. The Bertz CT molecular complexity index is 861. The van der Waals surface area contributed by atoms with Gasteiger partial charge in [-0.2, -0.15) is 18.3 Å². The summed E-state index contributed by atoms with van der Waals surface area (Å²) in [7, 11) is -3.56. The Hall–Kier alpha value is -1.87. The predicted octanol–water partition coefficient (Wildman–Crippen LogP) is 2.90. The number of benzene rings is 1. The Labute approximate surface area is 150 Å². The summed E-state index contributed by atoms with van der Waals surface area (Å²) in [5.74, 6) is -0.168. The third kappa shape index (κ3) is 4.45. The fourth-order valence-corrected chi connectivity index (χ4v) is 4.37. The zero-order valence-electron chi connectivity index (χ0n) is 14.1. The van der Waals surface area contributed by atoms with Crippen molar-refractivity contribution in [1.82, 2.24) is 14.5 Å². The van der Waals surface area contributed by atoms with Crippen LogP contribution >= 0.6 is 0 Å². The van der Waals surface area contributed by atoms with Gasteiger partial charge in [0.2, 0.25) is 10.0 Å². The van der Waals surface area contributed by atoms with Gasteiger partial charge in [0.15, 0.2) is 5.69 Å². The van der Waals surface area contributed by atoms with Crippen molar-refractivity contribution in [3.63, 3.8) is 0 Å². The second kappa shape index (κ2) is 7.40. The molecule has 5 nitrogen and oxygen atoms in total. The van der Waals surface area contributed by atoms with Gasteiger partial charge in [-0.15, -0.1) is 0 Å². The van der Waals surface area contributed by atoms with Crippen molar-refractivity contribution in [2.45, 2.75) is 44.2 Å². The van der Waals surface area contributed by atoms with Crippen molar-refractivity contribution in [2.24, 2.45) is 0 Å². The van der Waals surface area contributed by atoms with Gasteiger partial charge in [0, 0.05) is 17.8 Å². The van der Waals surface area contributed by atoms with E-state index in [1.807, 2.05) is 0 Å². The van der Waals surface area contributed by atoms with Crippen molar-refractivity contribution >= 4 is 10.0 Å². The van der Waals surface area contributed by atoms with Crippen LogP contribution in [0.2, 0.25) is 0 Å². The molecule has 0 saturated carbocycles. The van der Waals surface area contributed by atoms with Gasteiger partial charge in [-0.05, 0) is 31.2 Å². The third-order valence-electron chi connectivity index (χ3n) is 4.37. The molecule has 0 aliphatic heterocycles. The van der Waals surface area contributed by atoms with Gasteiger partial charge < -0.3 is 0 Å². The van der Waals surface area contributed by atoms with Crippen LogP contribution in [0.25, 0.3) is 0 Å². The van der Waals surface area contributed by atoms with E-state index in [9.17, 15) is 21.6 Å². The lowest BCUT2D eigenvalue weighted by atomic mass is 9.95. The minimum absolute atomic E-state index is 0.000579. The molecule has 1 aliphatic carbocycles. The summed E-state index contributed by atoms with van der Waals surface area (Å²) in [5.41, 5.74) is 0.650. The molecule has 3 rings (SSSR count). The summed E-state index contributed by atoms with van der Waals surface area (Å²) >= 11 is 0. The molecule has 1 aromatic heterocycles. The predicted molar refractivity (Wildman–Crippen MR) is 90.9 cm³/mol. The van der Waals surface area contributed by atoms with E-state index in [0.29, 0.717) is 30.5 Å². The summed E-state index contributed by atoms with van der Waals surface area (Å²) in [5, 5.41) is 3.72. The Morgan fingerprint density at radius 2 is 1.81 bits per heavy atom. The lowest BCUT2D eigenvalue weighted by molar-refractivity contribution is -0.142. The molecule has 142 valence electrons. The first-order chi connectivity index (χ1) is 12.3. The quantitative estimate of drug-likeness (QED) is 0.829. The van der Waals surface area contributed by atoms with Gasteiger partial charge in [-0.25, -0.2) is 13.1 Å². The minimum atomic E-state index is -4.49. The Morgan fingerprint density at radius 3 is 2.50 bits per heavy atom. The van der Waals surface area contributed by atoms with Crippen molar-refractivity contribution < 1.29 is 21.6 Å². The van der Waals surface area contributed by atoms with Crippen LogP contribution in [0.4, 0.5) is 13.2 Å². The third-order valence-corrected chi connectivity index (χ3v) is 5.73. The number of rotatable bonds is 6. The SMILES string of the molecule is O=S(=O)(Cc1ccccc1)NCCn1nc(C(F)(F)F)c2c1CCCC2. The van der Waals surface area contributed by atoms with E-state index in [0.717, 1.165) is 6.42 Å². The molecule has 0 unspecified atom stereocenters. The summed E-state index contributed by atoms with van der Waals surface area (Å²) in [6.07, 6.45) is -2.06. The Morgan fingerprint density at radius 1 is 1.12 bits per heavy atom. The number of sulfonamides is 1. The molecule has 0 amide bonds. The topological polar surface area (TPSA) is 64.0 Å². The number of fused-ring (bicyclic) bond motifs is 1. The van der Waals surface area contributed by atoms with Crippen LogP contribution in [0.1, 0.15) is 35.4 Å². The van der Waals surface area contributed by atoms with E-state index in [1.54, 1.807) is 30.3 Å². The number of hydrogen-bond donors (Lipinski definition) is 1. The van der Waals surface area contributed by atoms with E-state index in [4.69, 9.17) is 0 Å². The fourth-order valence-electron chi connectivity index (χ4n) is 3.24. The highest BCUT2D eigenvalue weighted by Crippen LogP contribution is 2.35. The number of nitrogens with zero attached hydrogens (tertiary/aromatic N) is 2. The molecule has 1 aliphatic rings. The smallest absolute Gasteiger partial charge is 0.267 e. The minimum Gasteiger partial charge on any atom is -0.267 e. The molecule has 0 atom stereocenters. The average Bonchev–Trinajstić information content (AvgIpc) is 2.94. The highest BCUT2D eigenvalue weighted by Gasteiger charge is 2.39. The van der Waals surface area contributed by atoms with Gasteiger partial charge in [0.1, 0.15) is 0 Å². The molecule has 0 saturated heterocycles. The van der Waals surface area contributed by atoms with Crippen molar-refractivity contribution in [1.29, 1.82) is 0 Å². The molecule has 1 heterocycles. The normalized spacial score (nSPS) is 15.0. The van der Waals surface area contributed by atoms with Gasteiger partial charge >= 0.3 is 6.18 Å². The van der Waals surface area contributed by atoms with E-state index in [-0.39, 0.29) is 24.4 Å². The van der Waals surface area contributed by atoms with Crippen LogP contribution in [0.5, 0.6) is 0 Å². The largest absolute Gasteiger partial charge is 0.435 e. The maximum atomic E-state index is 13.2. The van der Waals surface area contributed by atoms with Gasteiger partial charge in [0.05, 0.1) is 12.3 Å². The maximum Gasteiger partial charge on any atom is 0.435 e. The van der Waals surface area contributed by atoms with Crippen LogP contribution in [0.15, 0.2) is 30.3 Å². The highest BCUT2D eigenvalue weighted by atomic mass is 32.2. The first-order valence-electron chi connectivity index (χ1n) is 8.43. The Kier molecular flexibility index (Phi) is 5.38. The first kappa shape index (κ1) is 18.9. The lowest BCUT2D eigenvalue weighted by Gasteiger charge is -2.15. The molecular weight excluding hydrogens is 367 g/mol. The number of halogens is 3. The summed E-state index contributed by atoms with van der Waals surface area (Å²) < 4.78 is 67.5. The van der Waals surface area contributed by atoms with E-state index in [2.05, 4.69) is 9.82 Å². The molecule has 0 spiro atoms. The maximum absolute atomic E-state index is 13.2. The van der Waals surface area contributed by atoms with Crippen LogP contribution in [-0.4, -0.2) is 24.7 Å². The zero-order chi connectivity index (χ0) is 18.8. The molecule has 1 aromatic carbocycles. The van der Waals surface area contributed by atoms with E-state index >= 15 is 0 Å². The monoisotopic (exact) mass is 387 g/mol. The number of aromatic nitrogens is 2. The molecule has 2 aromatic rings. The number of hydrogen-bond acceptors (Lipinski definition) is 3. The summed E-state index contributed by atoms with van der Waals surface area (Å²) in [6.45, 7) is 0.0764. The average molecular weight is 387 g/mol. The summed E-state index contributed by atoms with van der Waals surface area (Å²) in [6, 6.07) is 8.71. The molecule has 0 bridgehead atoms. The van der Waals surface area contributed by atoms with Crippen LogP contribution in [0.3, 0.4) is 0 Å². The van der Waals surface area contributed by atoms with Crippen molar-refractivity contribution in [3.05, 3.63) is 52.8 Å². The molecule has 26 heavy (non-hydrogen) atoms. The van der Waals surface area contributed by atoms with Gasteiger partial charge in [-0.3, -0.25) is 4.68 Å². The first-order valence-corrected chi connectivity index (χ1v) is 10.1. The number of nitrogens with one attached hydrogen (secondary N) is 1. The standard InChI is InChI=1S/C17H20F3N3O2S/c18-17(19,20)16-14-8-4-5-9-15(14)23(22-16)11-10-21-26(24,25)12-13-6-2-1-3-7-13/h1-3,6-7,21H,4-5,8-12H2. The summed E-state index contributed by atoms with van der Waals surface area (Å²) in [4.78, 5) is 0. The van der Waals surface area contributed by atoms with Crippen LogP contribution < -0.4 is 4.72 Å². The number of alkyl halides is 3. The Balaban J connectivity index is 1.67. The van der Waals surface area contributed by atoms with Crippen LogP contribution in [0, 0.1) is 0 Å². The van der Waals surface area contributed by atoms with Crippen molar-refractivity contribution in [2.75, 3.05) is 6.54 Å². The van der Waals surface area contributed by atoms with E-state index < -0.39 is 21.9 Å². The molecule has 1 N–H and O–H groups in total. The second-order valence-corrected chi connectivity index (χ2v) is 8.15. The lowest BCUT2D eigenvalue weighted by Crippen LogP contribution is -2.29. The van der Waals surface area contributed by atoms with Crippen LogP contribution in [-0.2, 0) is 41.3 Å².